The Morgan fingerprint density at radius 3 is 2.24 bits per heavy atom. The van der Waals surface area contributed by atoms with E-state index in [2.05, 4.69) is 8.92 Å². The van der Waals surface area contributed by atoms with Gasteiger partial charge >= 0.3 is 27.8 Å². The number of carbonyl (C=O) groups excluding carboxylic acids is 1. The van der Waals surface area contributed by atoms with E-state index in [4.69, 9.17) is 0 Å². The zero-order chi connectivity index (χ0) is 25.3. The summed E-state index contributed by atoms with van der Waals surface area (Å²) in [5.74, 6) is -2.26. The lowest BCUT2D eigenvalue weighted by Gasteiger charge is -2.57. The molecule has 0 heterocycles. The van der Waals surface area contributed by atoms with Crippen LogP contribution >= 0.6 is 0 Å². The molecule has 4 rings (SSSR count). The summed E-state index contributed by atoms with van der Waals surface area (Å²) in [4.78, 5) is 11.3. The highest BCUT2D eigenvalue weighted by Gasteiger charge is 2.59. The summed E-state index contributed by atoms with van der Waals surface area (Å²) in [6, 6.07) is 0. The smallest absolute Gasteiger partial charge is 0.455 e. The van der Waals surface area contributed by atoms with Gasteiger partial charge in [-0.2, -0.15) is 34.8 Å². The van der Waals surface area contributed by atoms with Gasteiger partial charge in [0.05, 0.1) is 0 Å². The van der Waals surface area contributed by atoms with Gasteiger partial charge < -0.3 is 8.92 Å². The Morgan fingerprint density at radius 1 is 0.971 bits per heavy atom. The molecular formula is C22H26F6O5S. The van der Waals surface area contributed by atoms with E-state index in [1.807, 2.05) is 13.0 Å². The summed E-state index contributed by atoms with van der Waals surface area (Å²) < 4.78 is 109. The molecule has 5 nitrogen and oxygen atoms in total. The number of halogens is 6. The molecule has 0 aromatic heterocycles. The summed E-state index contributed by atoms with van der Waals surface area (Å²) in [6.07, 6.45) is 0.578. The second-order valence-corrected chi connectivity index (χ2v) is 11.8. The molecule has 0 aromatic carbocycles. The molecule has 0 amide bonds. The van der Waals surface area contributed by atoms with Crippen molar-refractivity contribution >= 4 is 16.1 Å². The number of fused-ring (bicyclic) bond motifs is 5. The maximum absolute atomic E-state index is 12.9. The number of alkyl halides is 6. The van der Waals surface area contributed by atoms with E-state index < -0.39 is 39.3 Å². The number of rotatable bonds is 3. The van der Waals surface area contributed by atoms with Gasteiger partial charge in [0, 0.05) is 11.8 Å². The molecule has 6 atom stereocenters. The summed E-state index contributed by atoms with van der Waals surface area (Å²) in [5, 5.41) is 0. The molecule has 0 saturated heterocycles. The maximum Gasteiger partial charge on any atom is 0.534 e. The largest absolute Gasteiger partial charge is 0.534 e. The lowest BCUT2D eigenvalue weighted by molar-refractivity contribution is -0.206. The Bertz CT molecular complexity index is 1030. The van der Waals surface area contributed by atoms with Crippen LogP contribution in [0.4, 0.5) is 26.3 Å². The van der Waals surface area contributed by atoms with Crippen molar-refractivity contribution in [1.82, 2.24) is 0 Å². The quantitative estimate of drug-likeness (QED) is 0.156. The Morgan fingerprint density at radius 2 is 1.62 bits per heavy atom. The van der Waals surface area contributed by atoms with Crippen molar-refractivity contribution in [2.24, 2.45) is 28.6 Å². The van der Waals surface area contributed by atoms with Gasteiger partial charge in [-0.1, -0.05) is 25.5 Å². The molecule has 4 aliphatic rings. The van der Waals surface area contributed by atoms with Crippen LogP contribution in [0.5, 0.6) is 0 Å². The minimum Gasteiger partial charge on any atom is -0.455 e. The third-order valence-corrected chi connectivity index (χ3v) is 9.52. The number of carbonyl (C=O) groups is 1. The molecule has 0 aromatic rings. The van der Waals surface area contributed by atoms with Crippen molar-refractivity contribution in [2.75, 3.05) is 0 Å². The zero-order valence-electron chi connectivity index (χ0n) is 18.6. The molecule has 0 radical (unpaired) electrons. The topological polar surface area (TPSA) is 69.7 Å². The number of allylic oxidation sites excluding steroid dienone is 3. The molecule has 0 spiro atoms. The molecule has 0 aliphatic heterocycles. The normalized spacial score (nSPS) is 38.1. The third-order valence-electron chi connectivity index (χ3n) is 8.56. The van der Waals surface area contributed by atoms with E-state index in [-0.39, 0.29) is 41.8 Å². The summed E-state index contributed by atoms with van der Waals surface area (Å²) >= 11 is 0. The van der Waals surface area contributed by atoms with Gasteiger partial charge in [-0.25, -0.2) is 4.79 Å². The minimum atomic E-state index is -5.76. The fraction of sp³-hybridized carbons (Fsp3) is 0.773. The van der Waals surface area contributed by atoms with Crippen LogP contribution in [0.3, 0.4) is 0 Å². The van der Waals surface area contributed by atoms with E-state index in [1.54, 1.807) is 6.92 Å². The number of ether oxygens (including phenoxy) is 1. The molecule has 0 N–H and O–H groups in total. The Labute approximate surface area is 193 Å². The first kappa shape index (κ1) is 25.4. The van der Waals surface area contributed by atoms with Gasteiger partial charge in [0.25, 0.3) is 0 Å². The fourth-order valence-corrected chi connectivity index (χ4v) is 7.36. The predicted octanol–water partition coefficient (Wildman–Crippen LogP) is 5.78. The fourth-order valence-electron chi connectivity index (χ4n) is 6.77. The van der Waals surface area contributed by atoms with E-state index >= 15 is 0 Å². The summed E-state index contributed by atoms with van der Waals surface area (Å²) in [5.41, 5.74) is -5.73. The minimum absolute atomic E-state index is 0.0627. The van der Waals surface area contributed by atoms with Crippen LogP contribution in [-0.2, 0) is 23.8 Å². The first-order chi connectivity index (χ1) is 15.5. The van der Waals surface area contributed by atoms with Gasteiger partial charge in [-0.05, 0) is 67.8 Å². The van der Waals surface area contributed by atoms with E-state index in [0.717, 1.165) is 5.57 Å². The van der Waals surface area contributed by atoms with Crippen LogP contribution in [0.1, 0.15) is 58.8 Å². The second kappa shape index (κ2) is 7.89. The monoisotopic (exact) mass is 516 g/mol. The van der Waals surface area contributed by atoms with Crippen LogP contribution in [0, 0.1) is 28.6 Å². The lowest BCUT2D eigenvalue weighted by atomic mass is 9.48. The molecule has 2 unspecified atom stereocenters. The molecule has 12 heteroatoms. The van der Waals surface area contributed by atoms with Gasteiger partial charge in [0.15, 0.2) is 0 Å². The van der Waals surface area contributed by atoms with Gasteiger partial charge in [0.2, 0.25) is 0 Å². The van der Waals surface area contributed by atoms with Gasteiger partial charge in [0.1, 0.15) is 11.9 Å². The number of esters is 1. The van der Waals surface area contributed by atoms with Crippen LogP contribution in [0.25, 0.3) is 0 Å². The van der Waals surface area contributed by atoms with Crippen LogP contribution in [0.15, 0.2) is 23.5 Å². The molecule has 2 fully saturated rings. The van der Waals surface area contributed by atoms with Gasteiger partial charge in [-0.3, -0.25) is 0 Å². The average Bonchev–Trinajstić information content (AvgIpc) is 3.02. The van der Waals surface area contributed by atoms with Crippen molar-refractivity contribution in [2.45, 2.75) is 76.6 Å². The first-order valence-corrected chi connectivity index (χ1v) is 12.6. The summed E-state index contributed by atoms with van der Waals surface area (Å²) in [6.45, 7) is 3.79. The standard InChI is InChI=1S/C22H26F6O5S/c1-19-9-7-13(32-18(29)21(23,24)25)11-12(19)3-4-14-15-5-6-17(20(15,2)10-8-16(14)19)33-34(30,31)22(26,27)28/h3,6,13-16H,4-5,7-11H2,1-2H3/t13-,14-,15?,16?,19-,20-/m0/s1. The molecule has 0 bridgehead atoms. The highest BCUT2D eigenvalue weighted by Crippen LogP contribution is 2.65. The predicted molar refractivity (Wildman–Crippen MR) is 107 cm³/mol. The SMILES string of the molecule is C[C@]12CC[C@H](OC(=O)C(F)(F)F)CC1=CC[C@@H]1C2CC[C@]2(C)C(OS(=O)(=O)C(F)(F)F)=CCC12. The van der Waals surface area contributed by atoms with Crippen LogP contribution in [-0.4, -0.2) is 32.2 Å². The average molecular weight is 517 g/mol. The Hall–Kier alpha value is -1.72. The van der Waals surface area contributed by atoms with Crippen molar-refractivity contribution in [3.05, 3.63) is 23.5 Å². The molecule has 4 aliphatic carbocycles. The maximum atomic E-state index is 12.9. The highest BCUT2D eigenvalue weighted by molar-refractivity contribution is 7.87. The molecule has 2 saturated carbocycles. The Balaban J connectivity index is 1.51. The number of hydrogen-bond acceptors (Lipinski definition) is 5. The number of hydrogen-bond donors (Lipinski definition) is 0. The molecule has 34 heavy (non-hydrogen) atoms. The van der Waals surface area contributed by atoms with Crippen molar-refractivity contribution in [1.29, 1.82) is 0 Å². The molecular weight excluding hydrogens is 490 g/mol. The zero-order valence-corrected chi connectivity index (χ0v) is 19.4. The first-order valence-electron chi connectivity index (χ1n) is 11.2. The third kappa shape index (κ3) is 4.03. The highest BCUT2D eigenvalue weighted by atomic mass is 32.2. The lowest BCUT2D eigenvalue weighted by Crippen LogP contribution is -2.50. The van der Waals surface area contributed by atoms with Gasteiger partial charge in [-0.15, -0.1) is 0 Å². The van der Waals surface area contributed by atoms with Crippen molar-refractivity contribution in [3.63, 3.8) is 0 Å². The van der Waals surface area contributed by atoms with Crippen molar-refractivity contribution in [3.8, 4) is 0 Å². The van der Waals surface area contributed by atoms with Crippen LogP contribution < -0.4 is 0 Å². The van der Waals surface area contributed by atoms with Crippen LogP contribution in [0.2, 0.25) is 0 Å². The second-order valence-electron chi connectivity index (χ2n) is 10.3. The van der Waals surface area contributed by atoms with E-state index in [1.165, 1.54) is 6.08 Å². The van der Waals surface area contributed by atoms with Crippen molar-refractivity contribution < 1.29 is 48.5 Å². The Kier molecular flexibility index (Phi) is 5.89. The van der Waals surface area contributed by atoms with E-state index in [0.29, 0.717) is 32.1 Å². The summed E-state index contributed by atoms with van der Waals surface area (Å²) in [7, 11) is -5.76. The molecule has 192 valence electrons. The van der Waals surface area contributed by atoms with E-state index in [9.17, 15) is 39.6 Å².